The number of aliphatic hydroxyl groups excluding tert-OH is 1. The van der Waals surface area contributed by atoms with E-state index in [-0.39, 0.29) is 30.6 Å². The summed E-state index contributed by atoms with van der Waals surface area (Å²) in [6.45, 7) is 6.21. The number of nitrogens with two attached hydrogens (primary N) is 1. The molecule has 4 N–H and O–H groups in total. The molecule has 1 amide bonds. The van der Waals surface area contributed by atoms with E-state index in [1.807, 2.05) is 0 Å². The summed E-state index contributed by atoms with van der Waals surface area (Å²) in [4.78, 5) is 31.2. The molecule has 0 fully saturated rings. The molecule has 0 radical (unpaired) electrons. The lowest BCUT2D eigenvalue weighted by Gasteiger charge is -2.13. The molecule has 0 saturated carbocycles. The lowest BCUT2D eigenvalue weighted by atomic mass is 10.1. The number of hydrogen-bond donors (Lipinski definition) is 3. The van der Waals surface area contributed by atoms with Crippen LogP contribution in [-0.2, 0) is 14.4 Å². The minimum Gasteiger partial charge on any atom is -0.393 e. The van der Waals surface area contributed by atoms with Gasteiger partial charge in [0.2, 0.25) is 5.91 Å². The van der Waals surface area contributed by atoms with Gasteiger partial charge in [-0.1, -0.05) is 6.92 Å². The predicted octanol–water partition coefficient (Wildman–Crippen LogP) is -0.757. The van der Waals surface area contributed by atoms with Crippen LogP contribution in [0.3, 0.4) is 0 Å². The van der Waals surface area contributed by atoms with Crippen molar-refractivity contribution in [1.82, 2.24) is 5.32 Å². The first-order valence-corrected chi connectivity index (χ1v) is 5.37. The molecular weight excluding hydrogens is 224 g/mol. The van der Waals surface area contributed by atoms with E-state index < -0.39 is 12.0 Å². The van der Waals surface area contributed by atoms with Gasteiger partial charge in [0.15, 0.2) is 0 Å². The van der Waals surface area contributed by atoms with Crippen molar-refractivity contribution < 1.29 is 19.5 Å². The quantitative estimate of drug-likeness (QED) is 0.591. The number of Topliss-reactive ketones (excluding diaryl/α,β-unsaturated/α-hetero) is 2. The Kier molecular flexibility index (Phi) is 10.6. The third-order valence-corrected chi connectivity index (χ3v) is 1.94. The van der Waals surface area contributed by atoms with Crippen LogP contribution in [0.5, 0.6) is 0 Å². The van der Waals surface area contributed by atoms with Crippen molar-refractivity contribution in [3.8, 4) is 0 Å². The minimum atomic E-state index is -0.683. The summed E-state index contributed by atoms with van der Waals surface area (Å²) < 4.78 is 0. The topological polar surface area (TPSA) is 109 Å². The predicted molar refractivity (Wildman–Crippen MR) is 64.3 cm³/mol. The van der Waals surface area contributed by atoms with Gasteiger partial charge in [0.05, 0.1) is 25.1 Å². The third kappa shape index (κ3) is 12.7. The van der Waals surface area contributed by atoms with Crippen LogP contribution in [0.2, 0.25) is 0 Å². The molecule has 0 saturated heterocycles. The van der Waals surface area contributed by atoms with Gasteiger partial charge in [0.1, 0.15) is 11.6 Å². The second kappa shape index (κ2) is 9.92. The molecule has 0 aliphatic rings. The SMILES string of the molecule is CC(=O)CN.CC(=O)CNC(=O)C(C)C(C)O. The summed E-state index contributed by atoms with van der Waals surface area (Å²) in [5, 5.41) is 11.4. The van der Waals surface area contributed by atoms with Gasteiger partial charge >= 0.3 is 0 Å². The standard InChI is InChI=1S/C8H15NO3.C3H7NO/c1-5(10)4-9-8(12)6(2)7(3)11;1-3(5)2-4/h6-7,11H,4H2,1-3H3,(H,9,12);2,4H2,1H3. The molecule has 0 aromatic rings. The van der Waals surface area contributed by atoms with Crippen LogP contribution in [0, 0.1) is 5.92 Å². The Morgan fingerprint density at radius 1 is 1.18 bits per heavy atom. The van der Waals surface area contributed by atoms with E-state index in [1.54, 1.807) is 6.92 Å². The van der Waals surface area contributed by atoms with Crippen LogP contribution >= 0.6 is 0 Å². The number of carbonyl (C=O) groups is 3. The van der Waals surface area contributed by atoms with Crippen LogP contribution in [-0.4, -0.2) is 41.8 Å². The highest BCUT2D eigenvalue weighted by atomic mass is 16.3. The summed E-state index contributed by atoms with van der Waals surface area (Å²) in [6, 6.07) is 0. The van der Waals surface area contributed by atoms with E-state index in [1.165, 1.54) is 20.8 Å². The van der Waals surface area contributed by atoms with Crippen molar-refractivity contribution in [2.75, 3.05) is 13.1 Å². The molecule has 2 atom stereocenters. The lowest BCUT2D eigenvalue weighted by Crippen LogP contribution is -2.37. The molecule has 0 bridgehead atoms. The number of carbonyl (C=O) groups excluding carboxylic acids is 3. The minimum absolute atomic E-state index is 0.0324. The third-order valence-electron chi connectivity index (χ3n) is 1.94. The van der Waals surface area contributed by atoms with Gasteiger partial charge in [-0.15, -0.1) is 0 Å². The zero-order valence-electron chi connectivity index (χ0n) is 10.8. The fourth-order valence-corrected chi connectivity index (χ4v) is 0.592. The zero-order chi connectivity index (χ0) is 14.0. The van der Waals surface area contributed by atoms with Crippen molar-refractivity contribution in [2.24, 2.45) is 11.7 Å². The summed E-state index contributed by atoms with van der Waals surface area (Å²) in [5.41, 5.74) is 4.82. The highest BCUT2D eigenvalue weighted by molar-refractivity contribution is 5.85. The van der Waals surface area contributed by atoms with Crippen LogP contribution in [0.15, 0.2) is 0 Å². The molecule has 17 heavy (non-hydrogen) atoms. The normalized spacial score (nSPS) is 12.8. The van der Waals surface area contributed by atoms with E-state index in [0.29, 0.717) is 0 Å². The van der Waals surface area contributed by atoms with E-state index in [9.17, 15) is 14.4 Å². The van der Waals surface area contributed by atoms with Crippen LogP contribution in [0.1, 0.15) is 27.7 Å². The first-order valence-electron chi connectivity index (χ1n) is 5.37. The largest absolute Gasteiger partial charge is 0.393 e. The highest BCUT2D eigenvalue weighted by Gasteiger charge is 2.17. The molecule has 0 aromatic carbocycles. The second-order valence-corrected chi connectivity index (χ2v) is 3.86. The molecule has 0 rings (SSSR count). The van der Waals surface area contributed by atoms with Crippen molar-refractivity contribution in [1.29, 1.82) is 0 Å². The van der Waals surface area contributed by atoms with E-state index in [4.69, 9.17) is 10.8 Å². The Balaban J connectivity index is 0. The summed E-state index contributed by atoms with van der Waals surface area (Å²) in [5.74, 6) is -0.823. The van der Waals surface area contributed by atoms with Crippen molar-refractivity contribution in [3.63, 3.8) is 0 Å². The van der Waals surface area contributed by atoms with Gasteiger partial charge in [-0.05, 0) is 20.8 Å². The van der Waals surface area contributed by atoms with Crippen LogP contribution < -0.4 is 11.1 Å². The first-order chi connectivity index (χ1) is 7.72. The Labute approximate surface area is 102 Å². The number of ketones is 2. The van der Waals surface area contributed by atoms with Crippen molar-refractivity contribution in [3.05, 3.63) is 0 Å². The Morgan fingerprint density at radius 2 is 1.59 bits per heavy atom. The van der Waals surface area contributed by atoms with E-state index >= 15 is 0 Å². The lowest BCUT2D eigenvalue weighted by molar-refractivity contribution is -0.129. The first kappa shape index (κ1) is 18.1. The molecule has 0 aliphatic carbocycles. The van der Waals surface area contributed by atoms with Gasteiger partial charge in [-0.2, -0.15) is 0 Å². The van der Waals surface area contributed by atoms with Crippen molar-refractivity contribution in [2.45, 2.75) is 33.8 Å². The van der Waals surface area contributed by atoms with Crippen LogP contribution in [0.4, 0.5) is 0 Å². The van der Waals surface area contributed by atoms with E-state index in [2.05, 4.69) is 5.32 Å². The van der Waals surface area contributed by atoms with Crippen molar-refractivity contribution >= 4 is 17.5 Å². The number of rotatable bonds is 5. The average molecular weight is 246 g/mol. The monoisotopic (exact) mass is 246 g/mol. The molecule has 100 valence electrons. The van der Waals surface area contributed by atoms with Gasteiger partial charge in [-0.3, -0.25) is 14.4 Å². The highest BCUT2D eigenvalue weighted by Crippen LogP contribution is 2.00. The molecule has 0 spiro atoms. The molecule has 6 nitrogen and oxygen atoms in total. The average Bonchev–Trinajstić information content (AvgIpc) is 2.25. The Morgan fingerprint density at radius 3 is 1.82 bits per heavy atom. The van der Waals surface area contributed by atoms with Gasteiger partial charge < -0.3 is 16.2 Å². The number of aliphatic hydroxyl groups is 1. The Hall–Kier alpha value is -1.27. The molecule has 6 heteroatoms. The molecule has 0 heterocycles. The zero-order valence-corrected chi connectivity index (χ0v) is 10.8. The molecular formula is C11H22N2O4. The van der Waals surface area contributed by atoms with Crippen LogP contribution in [0.25, 0.3) is 0 Å². The maximum Gasteiger partial charge on any atom is 0.225 e. The molecule has 0 aliphatic heterocycles. The van der Waals surface area contributed by atoms with Gasteiger partial charge in [0, 0.05) is 0 Å². The number of nitrogens with one attached hydrogen (secondary N) is 1. The maximum absolute atomic E-state index is 11.1. The summed E-state index contributed by atoms with van der Waals surface area (Å²) >= 11 is 0. The number of amides is 1. The number of hydrogen-bond acceptors (Lipinski definition) is 5. The summed E-state index contributed by atoms with van der Waals surface area (Å²) in [7, 11) is 0. The van der Waals surface area contributed by atoms with E-state index in [0.717, 1.165) is 0 Å². The second-order valence-electron chi connectivity index (χ2n) is 3.86. The van der Waals surface area contributed by atoms with Gasteiger partial charge in [0.25, 0.3) is 0 Å². The fraction of sp³-hybridized carbons (Fsp3) is 0.727. The Bertz CT molecular complexity index is 264. The van der Waals surface area contributed by atoms with Gasteiger partial charge in [-0.25, -0.2) is 0 Å². The smallest absolute Gasteiger partial charge is 0.225 e. The summed E-state index contributed by atoms with van der Waals surface area (Å²) in [6.07, 6.45) is -0.683. The maximum atomic E-state index is 11.1. The molecule has 0 aromatic heterocycles. The fourth-order valence-electron chi connectivity index (χ4n) is 0.592. The molecule has 2 unspecified atom stereocenters.